The highest BCUT2D eigenvalue weighted by molar-refractivity contribution is 8.00. The van der Waals surface area contributed by atoms with Crippen molar-refractivity contribution in [1.29, 1.82) is 0 Å². The Hall–Kier alpha value is -1.63. The lowest BCUT2D eigenvalue weighted by Crippen LogP contribution is -2.22. The first-order chi connectivity index (χ1) is 7.91. The summed E-state index contributed by atoms with van der Waals surface area (Å²) in [6, 6.07) is 2.97. The molecule has 1 unspecified atom stereocenters. The van der Waals surface area contributed by atoms with E-state index < -0.39 is 17.1 Å². The molecule has 7 heteroatoms. The van der Waals surface area contributed by atoms with Crippen LogP contribution in [-0.2, 0) is 4.79 Å². The molecule has 0 aromatic carbocycles. The van der Waals surface area contributed by atoms with Crippen LogP contribution >= 0.6 is 11.8 Å². The lowest BCUT2D eigenvalue weighted by molar-refractivity contribution is -0.137. The molecule has 1 aromatic heterocycles. The summed E-state index contributed by atoms with van der Waals surface area (Å²) in [5, 5.41) is 16.2. The maximum atomic E-state index is 11.0. The SMILES string of the molecule is CC(C)C(Sc1ccc(C(N)=O)nn1)C(=O)O. The molecule has 1 heterocycles. The van der Waals surface area contributed by atoms with Gasteiger partial charge in [-0.1, -0.05) is 25.6 Å². The van der Waals surface area contributed by atoms with Gasteiger partial charge in [0.25, 0.3) is 5.91 Å². The summed E-state index contributed by atoms with van der Waals surface area (Å²) in [4.78, 5) is 21.7. The number of hydrogen-bond donors (Lipinski definition) is 2. The fourth-order valence-electron chi connectivity index (χ4n) is 1.12. The monoisotopic (exact) mass is 255 g/mol. The summed E-state index contributed by atoms with van der Waals surface area (Å²) >= 11 is 1.10. The molecule has 1 amide bonds. The minimum Gasteiger partial charge on any atom is -0.480 e. The third kappa shape index (κ3) is 3.70. The van der Waals surface area contributed by atoms with E-state index in [0.717, 1.165) is 11.8 Å². The number of carbonyl (C=O) groups is 2. The van der Waals surface area contributed by atoms with E-state index in [-0.39, 0.29) is 11.6 Å². The largest absolute Gasteiger partial charge is 0.480 e. The van der Waals surface area contributed by atoms with Crippen LogP contribution in [0.5, 0.6) is 0 Å². The number of nitrogens with two attached hydrogens (primary N) is 1. The van der Waals surface area contributed by atoms with Crippen LogP contribution in [0.25, 0.3) is 0 Å². The van der Waals surface area contributed by atoms with Crippen LogP contribution in [0.2, 0.25) is 0 Å². The number of amides is 1. The predicted molar refractivity (Wildman–Crippen MR) is 62.7 cm³/mol. The van der Waals surface area contributed by atoms with Gasteiger partial charge in [-0.05, 0) is 18.1 Å². The standard InChI is InChI=1S/C10H13N3O3S/c1-5(2)8(10(15)16)17-7-4-3-6(9(11)14)12-13-7/h3-5,8H,1-2H3,(H2,11,14)(H,15,16). The molecule has 0 saturated carbocycles. The minimum atomic E-state index is -0.897. The van der Waals surface area contributed by atoms with Crippen LogP contribution in [0.15, 0.2) is 17.2 Å². The van der Waals surface area contributed by atoms with Crippen molar-refractivity contribution >= 4 is 23.6 Å². The number of carbonyl (C=O) groups excluding carboxylic acids is 1. The molecular weight excluding hydrogens is 242 g/mol. The van der Waals surface area contributed by atoms with Crippen LogP contribution in [-0.4, -0.2) is 32.4 Å². The molecule has 1 aromatic rings. The molecule has 0 radical (unpaired) electrons. The zero-order valence-corrected chi connectivity index (χ0v) is 10.3. The van der Waals surface area contributed by atoms with Crippen LogP contribution in [0, 0.1) is 5.92 Å². The van der Waals surface area contributed by atoms with Gasteiger partial charge < -0.3 is 10.8 Å². The third-order valence-corrected chi connectivity index (χ3v) is 3.45. The Kier molecular flexibility index (Phi) is 4.45. The van der Waals surface area contributed by atoms with Crippen molar-refractivity contribution in [3.8, 4) is 0 Å². The van der Waals surface area contributed by atoms with Crippen molar-refractivity contribution in [2.45, 2.75) is 24.1 Å². The summed E-state index contributed by atoms with van der Waals surface area (Å²) in [7, 11) is 0. The molecule has 0 aliphatic rings. The third-order valence-electron chi connectivity index (χ3n) is 1.99. The van der Waals surface area contributed by atoms with Crippen molar-refractivity contribution in [2.24, 2.45) is 11.7 Å². The van der Waals surface area contributed by atoms with Crippen LogP contribution in [0.4, 0.5) is 0 Å². The maximum absolute atomic E-state index is 11.0. The number of rotatable bonds is 5. The quantitative estimate of drug-likeness (QED) is 0.753. The fraction of sp³-hybridized carbons (Fsp3) is 0.400. The van der Waals surface area contributed by atoms with Crippen molar-refractivity contribution in [3.05, 3.63) is 17.8 Å². The zero-order valence-electron chi connectivity index (χ0n) is 9.45. The van der Waals surface area contributed by atoms with Crippen molar-refractivity contribution in [3.63, 3.8) is 0 Å². The van der Waals surface area contributed by atoms with Gasteiger partial charge in [0, 0.05) is 0 Å². The van der Waals surface area contributed by atoms with E-state index in [1.165, 1.54) is 12.1 Å². The molecule has 1 atom stereocenters. The fourth-order valence-corrected chi connectivity index (χ4v) is 1.98. The predicted octanol–water partition coefficient (Wildman–Crippen LogP) is 0.777. The summed E-state index contributed by atoms with van der Waals surface area (Å²) in [5.41, 5.74) is 5.08. The summed E-state index contributed by atoms with van der Waals surface area (Å²) in [5.74, 6) is -1.59. The summed E-state index contributed by atoms with van der Waals surface area (Å²) < 4.78 is 0. The van der Waals surface area contributed by atoms with Gasteiger partial charge in [0.05, 0.1) is 0 Å². The molecule has 0 spiro atoms. The molecule has 1 rings (SSSR count). The number of thioether (sulfide) groups is 1. The highest BCUT2D eigenvalue weighted by Crippen LogP contribution is 2.26. The van der Waals surface area contributed by atoms with Gasteiger partial charge in [-0.2, -0.15) is 0 Å². The lowest BCUT2D eigenvalue weighted by Gasteiger charge is -2.14. The molecule has 92 valence electrons. The Morgan fingerprint density at radius 3 is 2.35 bits per heavy atom. The average molecular weight is 255 g/mol. The van der Waals surface area contributed by atoms with Gasteiger partial charge >= 0.3 is 5.97 Å². The molecule has 6 nitrogen and oxygen atoms in total. The van der Waals surface area contributed by atoms with E-state index in [9.17, 15) is 9.59 Å². The number of hydrogen-bond acceptors (Lipinski definition) is 5. The van der Waals surface area contributed by atoms with Crippen LogP contribution in [0.3, 0.4) is 0 Å². The van der Waals surface area contributed by atoms with Crippen molar-refractivity contribution < 1.29 is 14.7 Å². The highest BCUT2D eigenvalue weighted by atomic mass is 32.2. The molecule has 3 N–H and O–H groups in total. The number of carboxylic acids is 1. The first-order valence-corrected chi connectivity index (χ1v) is 5.82. The molecule has 0 fully saturated rings. The van der Waals surface area contributed by atoms with Crippen LogP contribution < -0.4 is 5.73 Å². The normalized spacial score (nSPS) is 12.4. The number of primary amides is 1. The summed E-state index contributed by atoms with van der Waals surface area (Å²) in [6.07, 6.45) is 0. The number of aromatic nitrogens is 2. The second-order valence-corrected chi connectivity index (χ2v) is 4.90. The Bertz CT molecular complexity index is 419. The van der Waals surface area contributed by atoms with Gasteiger partial charge in [-0.25, -0.2) is 0 Å². The highest BCUT2D eigenvalue weighted by Gasteiger charge is 2.23. The van der Waals surface area contributed by atoms with E-state index in [2.05, 4.69) is 10.2 Å². The topological polar surface area (TPSA) is 106 Å². The second kappa shape index (κ2) is 5.62. The second-order valence-electron chi connectivity index (χ2n) is 3.74. The van der Waals surface area contributed by atoms with E-state index in [0.29, 0.717) is 5.03 Å². The Morgan fingerprint density at radius 1 is 1.35 bits per heavy atom. The minimum absolute atomic E-state index is 0.0323. The van der Waals surface area contributed by atoms with Gasteiger partial charge in [-0.3, -0.25) is 9.59 Å². The molecule has 0 aliphatic carbocycles. The van der Waals surface area contributed by atoms with Crippen molar-refractivity contribution in [2.75, 3.05) is 0 Å². The Morgan fingerprint density at radius 2 is 2.00 bits per heavy atom. The van der Waals surface area contributed by atoms with E-state index in [1.807, 2.05) is 13.8 Å². The first kappa shape index (κ1) is 13.4. The smallest absolute Gasteiger partial charge is 0.317 e. The maximum Gasteiger partial charge on any atom is 0.317 e. The summed E-state index contributed by atoms with van der Waals surface area (Å²) in [6.45, 7) is 3.63. The van der Waals surface area contributed by atoms with E-state index in [4.69, 9.17) is 10.8 Å². The number of carboxylic acid groups (broad SMARTS) is 1. The van der Waals surface area contributed by atoms with Crippen molar-refractivity contribution in [1.82, 2.24) is 10.2 Å². The molecular formula is C10H13N3O3S. The lowest BCUT2D eigenvalue weighted by atomic mass is 10.1. The first-order valence-electron chi connectivity index (χ1n) is 4.94. The zero-order chi connectivity index (χ0) is 13.0. The molecule has 0 aliphatic heterocycles. The molecule has 17 heavy (non-hydrogen) atoms. The van der Waals surface area contributed by atoms with E-state index >= 15 is 0 Å². The molecule has 0 bridgehead atoms. The van der Waals surface area contributed by atoms with Gasteiger partial charge in [0.2, 0.25) is 0 Å². The molecule has 0 saturated heterocycles. The van der Waals surface area contributed by atoms with E-state index in [1.54, 1.807) is 0 Å². The Balaban J connectivity index is 2.80. The number of aliphatic carboxylic acids is 1. The number of nitrogens with zero attached hydrogens (tertiary/aromatic N) is 2. The van der Waals surface area contributed by atoms with Gasteiger partial charge in [-0.15, -0.1) is 10.2 Å². The van der Waals surface area contributed by atoms with Gasteiger partial charge in [0.15, 0.2) is 5.69 Å². The average Bonchev–Trinajstić information content (AvgIpc) is 2.25. The van der Waals surface area contributed by atoms with Gasteiger partial charge in [0.1, 0.15) is 10.3 Å². The Labute approximate surface area is 103 Å². The van der Waals surface area contributed by atoms with Crippen LogP contribution in [0.1, 0.15) is 24.3 Å².